The Labute approximate surface area is 242 Å². The topological polar surface area (TPSA) is 137 Å². The number of hydrogen-bond donors (Lipinski definition) is 2. The number of fused-ring (bicyclic) bond motifs is 1. The van der Waals surface area contributed by atoms with E-state index < -0.39 is 37.7 Å². The van der Waals surface area contributed by atoms with E-state index in [9.17, 15) is 22.8 Å². The van der Waals surface area contributed by atoms with Crippen molar-refractivity contribution in [2.24, 2.45) is 5.92 Å². The molecule has 42 heavy (non-hydrogen) atoms. The second-order valence-electron chi connectivity index (χ2n) is 11.6. The fraction of sp³-hybridized carbons (Fsp3) is 0.519. The predicted molar refractivity (Wildman–Crippen MR) is 153 cm³/mol. The van der Waals surface area contributed by atoms with Crippen molar-refractivity contribution in [1.82, 2.24) is 24.6 Å². The van der Waals surface area contributed by atoms with Crippen molar-refractivity contribution in [3.63, 3.8) is 0 Å². The molecule has 1 aliphatic carbocycles. The van der Waals surface area contributed by atoms with E-state index in [1.54, 1.807) is 4.68 Å². The van der Waals surface area contributed by atoms with Crippen LogP contribution in [-0.4, -0.2) is 70.9 Å². The van der Waals surface area contributed by atoms with E-state index in [-0.39, 0.29) is 43.0 Å². The van der Waals surface area contributed by atoms with E-state index in [0.29, 0.717) is 23.7 Å². The van der Waals surface area contributed by atoms with Gasteiger partial charge in [0.05, 0.1) is 59.4 Å². The lowest BCUT2D eigenvalue weighted by atomic mass is 10.1. The number of halogens is 3. The number of nitrogens with one attached hydrogen (secondary N) is 1. The van der Waals surface area contributed by atoms with Gasteiger partial charge in [0.25, 0.3) is 0 Å². The molecule has 0 radical (unpaired) electrons. The molecule has 3 aromatic heterocycles. The molecule has 0 bridgehead atoms. The molecule has 3 heterocycles. The number of rotatable bonds is 12. The minimum absolute atomic E-state index is 0.0933. The molecule has 0 aromatic carbocycles. The van der Waals surface area contributed by atoms with Gasteiger partial charge in [0.1, 0.15) is 12.5 Å². The average molecular weight is 608 g/mol. The van der Waals surface area contributed by atoms with Crippen LogP contribution in [0.2, 0.25) is 25.7 Å². The average Bonchev–Trinajstić information content (AvgIpc) is 3.67. The first-order valence-corrected chi connectivity index (χ1v) is 17.3. The normalized spacial score (nSPS) is 14.6. The van der Waals surface area contributed by atoms with E-state index in [0.717, 1.165) is 25.0 Å². The Kier molecular flexibility index (Phi) is 9.52. The standard InChI is InChI=1S/C27H36F3N7O4Si/c1-40-15-22(17-5-6-17)36(14-19-8-7-18(11-32-19)27(28,29)30)26(39)25(38)35-21-13-33-24(31)20-12-34-37(23(20)21)16-41-9-10-42(2,3)4/h7-8,11-13,17,22H,5-6,9-10,14-16H2,1-4H3,(H2,31,33)(H,35,38). The molecule has 228 valence electrons. The highest BCUT2D eigenvalue weighted by atomic mass is 28.3. The molecule has 2 amide bonds. The lowest BCUT2D eigenvalue weighted by Gasteiger charge is -2.31. The number of nitrogens with zero attached hydrogens (tertiary/aromatic N) is 5. The third kappa shape index (κ3) is 7.83. The summed E-state index contributed by atoms with van der Waals surface area (Å²) >= 11 is 0. The van der Waals surface area contributed by atoms with Crippen LogP contribution in [0.25, 0.3) is 10.9 Å². The highest BCUT2D eigenvalue weighted by Crippen LogP contribution is 2.36. The van der Waals surface area contributed by atoms with Crippen LogP contribution < -0.4 is 11.1 Å². The molecule has 0 saturated heterocycles. The predicted octanol–water partition coefficient (Wildman–Crippen LogP) is 4.13. The molecule has 3 aromatic rings. The van der Waals surface area contributed by atoms with Crippen molar-refractivity contribution in [2.45, 2.75) is 64.0 Å². The molecule has 11 nitrogen and oxygen atoms in total. The quantitative estimate of drug-likeness (QED) is 0.178. The second-order valence-corrected chi connectivity index (χ2v) is 17.2. The van der Waals surface area contributed by atoms with Crippen molar-refractivity contribution in [3.8, 4) is 0 Å². The number of hydrogen-bond acceptors (Lipinski definition) is 8. The van der Waals surface area contributed by atoms with Crippen molar-refractivity contribution < 1.29 is 32.2 Å². The number of amides is 2. The zero-order valence-corrected chi connectivity index (χ0v) is 25.1. The van der Waals surface area contributed by atoms with Gasteiger partial charge in [-0.15, -0.1) is 0 Å². The van der Waals surface area contributed by atoms with E-state index in [1.807, 2.05) is 0 Å². The first-order chi connectivity index (χ1) is 19.8. The number of methoxy groups -OCH3 is 1. The number of nitrogen functional groups attached to an aromatic ring is 1. The Morgan fingerprint density at radius 2 is 1.93 bits per heavy atom. The molecule has 3 N–H and O–H groups in total. The maximum absolute atomic E-state index is 13.6. The fourth-order valence-electron chi connectivity index (χ4n) is 4.48. The number of carbonyl (C=O) groups is 2. The number of ether oxygens (including phenoxy) is 2. The van der Waals surface area contributed by atoms with E-state index >= 15 is 0 Å². The van der Waals surface area contributed by atoms with Gasteiger partial charge in [0.2, 0.25) is 0 Å². The molecule has 1 fully saturated rings. The number of anilines is 2. The Morgan fingerprint density at radius 1 is 1.19 bits per heavy atom. The zero-order valence-electron chi connectivity index (χ0n) is 24.1. The highest BCUT2D eigenvalue weighted by molar-refractivity contribution is 6.76. The summed E-state index contributed by atoms with van der Waals surface area (Å²) in [7, 11) is 0.180. The molecule has 1 unspecified atom stereocenters. The van der Waals surface area contributed by atoms with Crippen LogP contribution >= 0.6 is 0 Å². The molecule has 15 heteroatoms. The first kappa shape index (κ1) is 31.4. The first-order valence-electron chi connectivity index (χ1n) is 13.6. The molecule has 1 saturated carbocycles. The SMILES string of the molecule is COCC(C1CC1)N(Cc1ccc(C(F)(F)F)cn1)C(=O)C(=O)Nc1cnc(N)c2cnn(COCC[Si](C)(C)C)c12. The number of pyridine rings is 2. The summed E-state index contributed by atoms with van der Waals surface area (Å²) in [5.74, 6) is -1.54. The Hall–Kier alpha value is -3.56. The third-order valence-electron chi connectivity index (χ3n) is 7.00. The maximum atomic E-state index is 13.6. The van der Waals surface area contributed by atoms with E-state index in [4.69, 9.17) is 15.2 Å². The number of carbonyl (C=O) groups excluding carboxylic acids is 2. The van der Waals surface area contributed by atoms with Crippen LogP contribution in [0.3, 0.4) is 0 Å². The summed E-state index contributed by atoms with van der Waals surface area (Å²) < 4.78 is 51.8. The lowest BCUT2D eigenvalue weighted by Crippen LogP contribution is -2.48. The fourth-order valence-corrected chi connectivity index (χ4v) is 5.24. The zero-order chi connectivity index (χ0) is 30.7. The van der Waals surface area contributed by atoms with Crippen LogP contribution in [0.1, 0.15) is 24.1 Å². The van der Waals surface area contributed by atoms with Gasteiger partial charge in [-0.2, -0.15) is 18.3 Å². The number of aromatic nitrogens is 4. The van der Waals surface area contributed by atoms with E-state index in [2.05, 4.69) is 40.0 Å². The third-order valence-corrected chi connectivity index (χ3v) is 8.71. The summed E-state index contributed by atoms with van der Waals surface area (Å²) in [5, 5.41) is 7.45. The summed E-state index contributed by atoms with van der Waals surface area (Å²) in [6.45, 7) is 7.37. The van der Waals surface area contributed by atoms with Crippen molar-refractivity contribution in [3.05, 3.63) is 42.0 Å². The van der Waals surface area contributed by atoms with Gasteiger partial charge in [-0.05, 0) is 36.9 Å². The van der Waals surface area contributed by atoms with Crippen LogP contribution in [0, 0.1) is 5.92 Å². The molecular formula is C27H36F3N7O4Si. The van der Waals surface area contributed by atoms with Gasteiger partial charge in [-0.3, -0.25) is 14.6 Å². The van der Waals surface area contributed by atoms with Gasteiger partial charge in [-0.1, -0.05) is 19.6 Å². The summed E-state index contributed by atoms with van der Waals surface area (Å²) in [5.41, 5.74) is 6.01. The van der Waals surface area contributed by atoms with Crippen LogP contribution in [0.5, 0.6) is 0 Å². The van der Waals surface area contributed by atoms with Gasteiger partial charge >= 0.3 is 18.0 Å². The van der Waals surface area contributed by atoms with Gasteiger partial charge < -0.3 is 25.4 Å². The Morgan fingerprint density at radius 3 is 2.52 bits per heavy atom. The number of alkyl halides is 3. The van der Waals surface area contributed by atoms with Gasteiger partial charge in [0, 0.05) is 28.0 Å². The molecule has 4 rings (SSSR count). The molecular weight excluding hydrogens is 571 g/mol. The van der Waals surface area contributed by atoms with Crippen molar-refractivity contribution >= 4 is 42.3 Å². The minimum atomic E-state index is -4.54. The second kappa shape index (κ2) is 12.7. The largest absolute Gasteiger partial charge is 0.417 e. The van der Waals surface area contributed by atoms with Crippen molar-refractivity contribution in [2.75, 3.05) is 31.4 Å². The monoisotopic (exact) mass is 607 g/mol. The van der Waals surface area contributed by atoms with Crippen molar-refractivity contribution in [1.29, 1.82) is 0 Å². The highest BCUT2D eigenvalue weighted by Gasteiger charge is 2.40. The summed E-state index contributed by atoms with van der Waals surface area (Å²) in [4.78, 5) is 36.4. The lowest BCUT2D eigenvalue weighted by molar-refractivity contribution is -0.146. The van der Waals surface area contributed by atoms with E-state index in [1.165, 1.54) is 30.5 Å². The smallest absolute Gasteiger partial charge is 0.383 e. The van der Waals surface area contributed by atoms with Gasteiger partial charge in [0.15, 0.2) is 0 Å². The maximum Gasteiger partial charge on any atom is 0.417 e. The van der Waals surface area contributed by atoms with Crippen LogP contribution in [0.15, 0.2) is 30.7 Å². The van der Waals surface area contributed by atoms with Gasteiger partial charge in [-0.25, -0.2) is 9.67 Å². The molecule has 0 aliphatic heterocycles. The van der Waals surface area contributed by atoms with Crippen LogP contribution in [-0.2, 0) is 38.5 Å². The number of nitrogens with two attached hydrogens (primary N) is 1. The Bertz CT molecular complexity index is 1410. The summed E-state index contributed by atoms with van der Waals surface area (Å²) in [6, 6.07) is 2.59. The molecule has 1 aliphatic rings. The minimum Gasteiger partial charge on any atom is -0.383 e. The van der Waals surface area contributed by atoms with Crippen LogP contribution in [0.4, 0.5) is 24.7 Å². The molecule has 0 spiro atoms. The molecule has 1 atom stereocenters. The Balaban J connectivity index is 1.57. The summed E-state index contributed by atoms with van der Waals surface area (Å²) in [6.07, 6.45) is 0.695.